The van der Waals surface area contributed by atoms with Gasteiger partial charge in [0.05, 0.1) is 10.8 Å². The largest absolute Gasteiger partial charge is 0.327 e. The molecule has 0 aromatic heterocycles. The molecular formula is C12H15Cl2NOS. The first kappa shape index (κ1) is 13.3. The van der Waals surface area contributed by atoms with E-state index in [9.17, 15) is 4.21 Å². The summed E-state index contributed by atoms with van der Waals surface area (Å²) in [6.07, 6.45) is 1.84. The SMILES string of the molecule is CC1C(N)CCC1S(=O)c1cc(Cl)cc(Cl)c1. The van der Waals surface area contributed by atoms with Gasteiger partial charge in [0, 0.05) is 26.2 Å². The van der Waals surface area contributed by atoms with Gasteiger partial charge in [0.2, 0.25) is 0 Å². The van der Waals surface area contributed by atoms with Crippen LogP contribution < -0.4 is 5.73 Å². The zero-order chi connectivity index (χ0) is 12.6. The Kier molecular flexibility index (Phi) is 4.14. The van der Waals surface area contributed by atoms with Crippen LogP contribution in [0.2, 0.25) is 10.0 Å². The van der Waals surface area contributed by atoms with Crippen molar-refractivity contribution in [1.29, 1.82) is 0 Å². The van der Waals surface area contributed by atoms with E-state index in [4.69, 9.17) is 28.9 Å². The average Bonchev–Trinajstić information content (AvgIpc) is 2.57. The van der Waals surface area contributed by atoms with Crippen molar-refractivity contribution in [2.45, 2.75) is 36.0 Å². The highest BCUT2D eigenvalue weighted by Gasteiger charge is 2.35. The molecule has 0 radical (unpaired) electrons. The molecule has 94 valence electrons. The Morgan fingerprint density at radius 2 is 1.82 bits per heavy atom. The minimum absolute atomic E-state index is 0.111. The van der Waals surface area contributed by atoms with Crippen LogP contribution in [-0.4, -0.2) is 15.5 Å². The van der Waals surface area contributed by atoms with Crippen LogP contribution in [0.5, 0.6) is 0 Å². The highest BCUT2D eigenvalue weighted by molar-refractivity contribution is 7.85. The topological polar surface area (TPSA) is 43.1 Å². The first-order valence-corrected chi connectivity index (χ1v) is 7.58. The van der Waals surface area contributed by atoms with Gasteiger partial charge in [-0.25, -0.2) is 0 Å². The maximum absolute atomic E-state index is 12.4. The molecule has 2 nitrogen and oxygen atoms in total. The maximum atomic E-state index is 12.4. The lowest BCUT2D eigenvalue weighted by Crippen LogP contribution is -2.29. The standard InChI is InChI=1S/C12H15Cl2NOS/c1-7-11(15)2-3-12(7)17(16)10-5-8(13)4-9(14)6-10/h4-7,11-12H,2-3,15H2,1H3. The van der Waals surface area contributed by atoms with Gasteiger partial charge in [0.25, 0.3) is 0 Å². The average molecular weight is 292 g/mol. The van der Waals surface area contributed by atoms with Crippen molar-refractivity contribution in [1.82, 2.24) is 0 Å². The predicted octanol–water partition coefficient (Wildman–Crippen LogP) is 3.23. The lowest BCUT2D eigenvalue weighted by molar-refractivity contribution is 0.526. The van der Waals surface area contributed by atoms with E-state index in [1.165, 1.54) is 0 Å². The molecule has 0 amide bonds. The van der Waals surface area contributed by atoms with Gasteiger partial charge < -0.3 is 5.73 Å². The molecule has 0 heterocycles. The second kappa shape index (κ2) is 5.27. The zero-order valence-corrected chi connectivity index (χ0v) is 11.9. The number of nitrogens with two attached hydrogens (primary N) is 1. The van der Waals surface area contributed by atoms with Crippen LogP contribution in [0.3, 0.4) is 0 Å². The first-order valence-electron chi connectivity index (χ1n) is 5.61. The Morgan fingerprint density at radius 1 is 1.24 bits per heavy atom. The van der Waals surface area contributed by atoms with Gasteiger partial charge in [-0.1, -0.05) is 30.1 Å². The monoisotopic (exact) mass is 291 g/mol. The maximum Gasteiger partial charge on any atom is 0.0565 e. The van der Waals surface area contributed by atoms with Crippen LogP contribution in [0.15, 0.2) is 23.1 Å². The summed E-state index contributed by atoms with van der Waals surface area (Å²) >= 11 is 11.8. The summed E-state index contributed by atoms with van der Waals surface area (Å²) in [4.78, 5) is 0.702. The highest BCUT2D eigenvalue weighted by atomic mass is 35.5. The second-order valence-corrected chi connectivity index (χ2v) is 7.09. The van der Waals surface area contributed by atoms with Crippen molar-refractivity contribution in [3.63, 3.8) is 0 Å². The van der Waals surface area contributed by atoms with Crippen molar-refractivity contribution in [3.8, 4) is 0 Å². The van der Waals surface area contributed by atoms with E-state index in [0.29, 0.717) is 14.9 Å². The number of benzene rings is 1. The number of hydrogen-bond acceptors (Lipinski definition) is 2. The Balaban J connectivity index is 2.25. The van der Waals surface area contributed by atoms with E-state index in [0.717, 1.165) is 12.8 Å². The van der Waals surface area contributed by atoms with E-state index < -0.39 is 10.8 Å². The molecule has 17 heavy (non-hydrogen) atoms. The van der Waals surface area contributed by atoms with Crippen molar-refractivity contribution in [2.24, 2.45) is 11.7 Å². The molecule has 0 saturated heterocycles. The molecule has 1 aliphatic rings. The van der Waals surface area contributed by atoms with E-state index in [1.807, 2.05) is 0 Å². The number of rotatable bonds is 2. The van der Waals surface area contributed by atoms with Gasteiger partial charge >= 0.3 is 0 Å². The molecule has 5 heteroatoms. The van der Waals surface area contributed by atoms with Crippen molar-refractivity contribution in [3.05, 3.63) is 28.2 Å². The van der Waals surface area contributed by atoms with Crippen LogP contribution in [0, 0.1) is 5.92 Å². The Hall–Kier alpha value is -0.0900. The van der Waals surface area contributed by atoms with E-state index in [2.05, 4.69) is 6.92 Å². The fourth-order valence-corrected chi connectivity index (χ4v) is 4.71. The van der Waals surface area contributed by atoms with Crippen LogP contribution in [0.25, 0.3) is 0 Å². The third kappa shape index (κ3) is 2.84. The summed E-state index contributed by atoms with van der Waals surface area (Å²) in [5, 5.41) is 1.16. The lowest BCUT2D eigenvalue weighted by atomic mass is 10.1. The Morgan fingerprint density at radius 3 is 2.29 bits per heavy atom. The van der Waals surface area contributed by atoms with Crippen LogP contribution in [0.1, 0.15) is 19.8 Å². The summed E-state index contributed by atoms with van der Waals surface area (Å²) in [7, 11) is -1.08. The molecule has 0 spiro atoms. The third-order valence-electron chi connectivity index (χ3n) is 3.39. The summed E-state index contributed by atoms with van der Waals surface area (Å²) in [6, 6.07) is 5.24. The molecule has 0 bridgehead atoms. The fourth-order valence-electron chi connectivity index (χ4n) is 2.28. The summed E-state index contributed by atoms with van der Waals surface area (Å²) in [5.41, 5.74) is 5.96. The molecule has 0 aliphatic heterocycles. The summed E-state index contributed by atoms with van der Waals surface area (Å²) < 4.78 is 12.4. The minimum Gasteiger partial charge on any atom is -0.327 e. The van der Waals surface area contributed by atoms with Crippen LogP contribution in [-0.2, 0) is 10.8 Å². The molecule has 1 aliphatic carbocycles. The van der Waals surface area contributed by atoms with Crippen molar-refractivity contribution in [2.75, 3.05) is 0 Å². The molecule has 1 aromatic carbocycles. The molecule has 1 aromatic rings. The smallest absolute Gasteiger partial charge is 0.0565 e. The second-order valence-electron chi connectivity index (χ2n) is 4.54. The summed E-state index contributed by atoms with van der Waals surface area (Å²) in [5.74, 6) is 0.272. The molecule has 2 N–H and O–H groups in total. The Bertz CT molecular complexity index is 432. The first-order chi connectivity index (χ1) is 7.99. The van der Waals surface area contributed by atoms with Gasteiger partial charge in [0.1, 0.15) is 0 Å². The van der Waals surface area contributed by atoms with Crippen molar-refractivity contribution >= 4 is 34.0 Å². The van der Waals surface area contributed by atoms with Gasteiger partial charge in [-0.05, 0) is 37.0 Å². The lowest BCUT2D eigenvalue weighted by Gasteiger charge is -2.17. The van der Waals surface area contributed by atoms with Crippen LogP contribution in [0.4, 0.5) is 0 Å². The predicted molar refractivity (Wildman–Crippen MR) is 73.0 cm³/mol. The number of halogens is 2. The summed E-state index contributed by atoms with van der Waals surface area (Å²) in [6.45, 7) is 2.06. The minimum atomic E-state index is -1.08. The normalized spacial score (nSPS) is 30.5. The van der Waals surface area contributed by atoms with Gasteiger partial charge in [-0.3, -0.25) is 4.21 Å². The molecule has 2 rings (SSSR count). The molecule has 4 unspecified atom stereocenters. The molecular weight excluding hydrogens is 277 g/mol. The van der Waals surface area contributed by atoms with E-state index in [-0.39, 0.29) is 17.2 Å². The van der Waals surface area contributed by atoms with Crippen LogP contribution >= 0.6 is 23.2 Å². The molecule has 1 saturated carbocycles. The zero-order valence-electron chi connectivity index (χ0n) is 9.53. The quantitative estimate of drug-likeness (QED) is 0.909. The van der Waals surface area contributed by atoms with Crippen molar-refractivity contribution < 1.29 is 4.21 Å². The van der Waals surface area contributed by atoms with Gasteiger partial charge in [0.15, 0.2) is 0 Å². The molecule has 4 atom stereocenters. The third-order valence-corrected chi connectivity index (χ3v) is 5.74. The Labute approximate surface area is 114 Å². The van der Waals surface area contributed by atoms with E-state index >= 15 is 0 Å². The fraction of sp³-hybridized carbons (Fsp3) is 0.500. The molecule has 1 fully saturated rings. The van der Waals surface area contributed by atoms with Gasteiger partial charge in [-0.2, -0.15) is 0 Å². The van der Waals surface area contributed by atoms with Gasteiger partial charge in [-0.15, -0.1) is 0 Å². The highest BCUT2D eigenvalue weighted by Crippen LogP contribution is 2.33. The number of hydrogen-bond donors (Lipinski definition) is 1. The van der Waals surface area contributed by atoms with E-state index in [1.54, 1.807) is 18.2 Å².